The molecule has 4 aromatic carbocycles. The Morgan fingerprint density at radius 3 is 2.12 bits per heavy atom. The van der Waals surface area contributed by atoms with E-state index in [2.05, 4.69) is 48.3 Å². The number of hydrogen-bond acceptors (Lipinski definition) is 13. The molecule has 16 nitrogen and oxygen atoms in total. The van der Waals surface area contributed by atoms with Crippen LogP contribution < -0.4 is 35.5 Å². The number of benzene rings is 4. The lowest BCUT2D eigenvalue weighted by atomic mass is 10.0. The number of nitrogens with one attached hydrogen (secondary N) is 2. The van der Waals surface area contributed by atoms with Crippen LogP contribution >= 0.6 is 12.0 Å². The zero-order chi connectivity index (χ0) is 47.6. The summed E-state index contributed by atoms with van der Waals surface area (Å²) in [6.45, 7) is 1.91. The number of hydrogen-bond donors (Lipinski definition) is 4. The molecule has 0 aliphatic rings. The van der Waals surface area contributed by atoms with Crippen LogP contribution in [0.1, 0.15) is 66.4 Å². The van der Waals surface area contributed by atoms with Crippen molar-refractivity contribution in [2.75, 3.05) is 32.9 Å². The summed E-state index contributed by atoms with van der Waals surface area (Å²) in [5, 5.41) is 33.0. The molecule has 6 rings (SSSR count). The van der Waals surface area contributed by atoms with E-state index < -0.39 is 5.97 Å². The largest absolute Gasteiger partial charge is 0.691 e. The molecule has 2 amide bonds. The van der Waals surface area contributed by atoms with E-state index >= 15 is 0 Å². The number of carboxylic acids is 1. The number of nitrogens with zero attached hydrogens (tertiary/aromatic N) is 3. The van der Waals surface area contributed by atoms with Gasteiger partial charge in [-0.15, -0.1) is 0 Å². The summed E-state index contributed by atoms with van der Waals surface area (Å²) >= 11 is 0.773. The fourth-order valence-electron chi connectivity index (χ4n) is 6.81. The van der Waals surface area contributed by atoms with Gasteiger partial charge in [-0.25, -0.2) is 9.97 Å². The van der Waals surface area contributed by atoms with Gasteiger partial charge >= 0.3 is 5.97 Å². The number of aliphatic carboxylic acids is 1. The molecule has 0 atom stereocenters. The van der Waals surface area contributed by atoms with Gasteiger partial charge in [0.1, 0.15) is 11.5 Å². The maximum absolute atomic E-state index is 12.6. The van der Waals surface area contributed by atoms with Crippen LogP contribution in [0.4, 0.5) is 5.82 Å². The Balaban J connectivity index is 0.861. The molecule has 5 N–H and O–H groups in total. The van der Waals surface area contributed by atoms with Crippen molar-refractivity contribution in [3.8, 4) is 39.8 Å². The molecule has 0 saturated heterocycles. The summed E-state index contributed by atoms with van der Waals surface area (Å²) in [6.07, 6.45) is 6.79. The van der Waals surface area contributed by atoms with E-state index in [0.717, 1.165) is 53.7 Å². The average Bonchev–Trinajstić information content (AvgIpc) is 3.37. The first-order valence-electron chi connectivity index (χ1n) is 22.3. The van der Waals surface area contributed by atoms with Crippen LogP contribution in [0.5, 0.6) is 17.4 Å². The highest BCUT2D eigenvalue weighted by atomic mass is 32.2. The fourth-order valence-corrected chi connectivity index (χ4v) is 7.27. The number of rotatable bonds is 29. The van der Waals surface area contributed by atoms with Crippen LogP contribution in [0.3, 0.4) is 0 Å². The highest BCUT2D eigenvalue weighted by Gasteiger charge is 2.15. The first kappa shape index (κ1) is 50.3. The smallest absolute Gasteiger partial charge is 0.303 e. The minimum atomic E-state index is -0.925. The van der Waals surface area contributed by atoms with Crippen molar-refractivity contribution >= 4 is 41.9 Å². The molecule has 17 heteroatoms. The molecule has 0 bridgehead atoms. The van der Waals surface area contributed by atoms with Gasteiger partial charge in [0.05, 0.1) is 49.3 Å². The van der Waals surface area contributed by atoms with Crippen LogP contribution in [0, 0.1) is 0 Å². The van der Waals surface area contributed by atoms with Gasteiger partial charge in [0.15, 0.2) is 0 Å². The molecular formula is C51H54N6O10S. The Labute approximate surface area is 399 Å². The molecule has 6 aromatic rings. The number of ether oxygens (including phenoxy) is 3. The molecular weight excluding hydrogens is 889 g/mol. The summed E-state index contributed by atoms with van der Waals surface area (Å²) in [5.41, 5.74) is 7.28. The monoisotopic (exact) mass is 942 g/mol. The van der Waals surface area contributed by atoms with Crippen molar-refractivity contribution in [3.63, 3.8) is 0 Å². The van der Waals surface area contributed by atoms with Crippen molar-refractivity contribution < 1.29 is 53.8 Å². The van der Waals surface area contributed by atoms with E-state index in [1.165, 1.54) is 11.6 Å². The average molecular weight is 943 g/mol. The number of amides is 2. The predicted molar refractivity (Wildman–Crippen MR) is 255 cm³/mol. The minimum Gasteiger partial charge on any atom is -0.691 e. The third-order valence-corrected chi connectivity index (χ3v) is 10.9. The van der Waals surface area contributed by atoms with Gasteiger partial charge in [0.2, 0.25) is 11.8 Å². The highest BCUT2D eigenvalue weighted by Crippen LogP contribution is 2.31. The first-order chi connectivity index (χ1) is 33.4. The summed E-state index contributed by atoms with van der Waals surface area (Å²) in [6, 6.07) is 40.1. The second-order valence-corrected chi connectivity index (χ2v) is 16.0. The zero-order valence-corrected chi connectivity index (χ0v) is 38.2. The summed E-state index contributed by atoms with van der Waals surface area (Å²) in [7, 11) is 0. The number of quaternary nitrogens is 1. The highest BCUT2D eigenvalue weighted by molar-refractivity contribution is 7.94. The lowest BCUT2D eigenvalue weighted by Gasteiger charge is -2.16. The van der Waals surface area contributed by atoms with Gasteiger partial charge in [-0.05, 0) is 80.0 Å². The number of unbranched alkanes of at least 4 members (excludes halogenated alkanes) is 2. The number of carboxylic acid groups (broad SMARTS) is 1. The van der Waals surface area contributed by atoms with Crippen LogP contribution in [0.2, 0.25) is 0 Å². The van der Waals surface area contributed by atoms with Crippen LogP contribution in [0.25, 0.3) is 22.4 Å². The number of nitrogens with two attached hydrogens (primary N) is 1. The van der Waals surface area contributed by atoms with Gasteiger partial charge in [0.25, 0.3) is 11.7 Å². The first-order valence-corrected chi connectivity index (χ1v) is 23.0. The minimum absolute atomic E-state index is 0.0866. The Morgan fingerprint density at radius 2 is 1.40 bits per heavy atom. The van der Waals surface area contributed by atoms with Crippen LogP contribution in [0.15, 0.2) is 144 Å². The standard InChI is InChI=1S/C51H54N6O10S/c58-48(52-28-14-29-53-51(61)40-24-26-47(54-35-40)57-55-36-39-19-8-9-22-46(39)68-67-66-62)23-13-32-64-45-21-12-20-44(42(45)25-27-50(59)60)63-30-10-3-11-31-65-49-34-41(37-15-4-1-5-16-37)33-43(56-49)38-17-6-2-7-18-38/h1-2,4-9,12,15-22,24,26,33-36,62H,3,10-11,13-14,23,25,27-32H2,(H,52,58)(H,53,61)(H,54,57)(H,59,60)/b55-36+. The van der Waals surface area contributed by atoms with E-state index in [1.807, 2.05) is 72.8 Å². The van der Waals surface area contributed by atoms with Gasteiger partial charge in [0, 0.05) is 65.8 Å². The van der Waals surface area contributed by atoms with Gasteiger partial charge in [-0.2, -0.15) is 9.76 Å². The second kappa shape index (κ2) is 28.1. The Hall–Kier alpha value is -7.15. The van der Waals surface area contributed by atoms with E-state index in [4.69, 9.17) is 19.2 Å². The molecule has 2 heterocycles. The van der Waals surface area contributed by atoms with Gasteiger partial charge in [-0.1, -0.05) is 90.0 Å². The third-order valence-electron chi connectivity index (χ3n) is 10.3. The summed E-state index contributed by atoms with van der Waals surface area (Å²) in [5.74, 6) is 0.849. The Bertz CT molecular complexity index is 2480. The van der Waals surface area contributed by atoms with E-state index in [9.17, 15) is 24.7 Å². The molecule has 0 saturated carbocycles. The number of carbonyl (C=O) groups excluding carboxylic acids is 2. The normalized spacial score (nSPS) is 11.0. The lowest BCUT2D eigenvalue weighted by molar-refractivity contribution is -0.777. The topological polar surface area (TPSA) is 219 Å². The second-order valence-electron chi connectivity index (χ2n) is 15.2. The molecule has 68 heavy (non-hydrogen) atoms. The molecule has 0 aliphatic carbocycles. The molecule has 0 radical (unpaired) electrons. The van der Waals surface area contributed by atoms with Crippen molar-refractivity contribution in [3.05, 3.63) is 150 Å². The maximum Gasteiger partial charge on any atom is 0.303 e. The molecule has 0 spiro atoms. The Morgan fingerprint density at radius 1 is 0.706 bits per heavy atom. The molecule has 354 valence electrons. The van der Waals surface area contributed by atoms with Crippen molar-refractivity contribution in [1.29, 1.82) is 0 Å². The fraction of sp³-hybridized carbons (Fsp3) is 0.255. The summed E-state index contributed by atoms with van der Waals surface area (Å²) < 4.78 is 22.8. The predicted octanol–water partition coefficient (Wildman–Crippen LogP) is 7.01. The van der Waals surface area contributed by atoms with Gasteiger partial charge in [-0.3, -0.25) is 19.4 Å². The maximum atomic E-state index is 12.6. The van der Waals surface area contributed by atoms with E-state index in [1.54, 1.807) is 42.6 Å². The molecule has 0 unspecified atom stereocenters. The molecule has 0 fully saturated rings. The van der Waals surface area contributed by atoms with Crippen molar-refractivity contribution in [1.82, 2.24) is 20.6 Å². The van der Waals surface area contributed by atoms with Crippen LogP contribution in [-0.4, -0.2) is 72.0 Å². The molecule has 2 aromatic heterocycles. The van der Waals surface area contributed by atoms with Crippen molar-refractivity contribution in [2.45, 2.75) is 56.3 Å². The van der Waals surface area contributed by atoms with Crippen LogP contribution in [-0.2, 0) is 25.4 Å². The lowest BCUT2D eigenvalue weighted by Crippen LogP contribution is -2.71. The van der Waals surface area contributed by atoms with E-state index in [0.29, 0.717) is 83.9 Å². The summed E-state index contributed by atoms with van der Waals surface area (Å²) in [4.78, 5) is 46.4. The van der Waals surface area contributed by atoms with Gasteiger partial charge < -0.3 is 35.2 Å². The quantitative estimate of drug-likeness (QED) is 0.00930. The van der Waals surface area contributed by atoms with Crippen molar-refractivity contribution in [2.24, 2.45) is 5.10 Å². The number of pyridine rings is 2. The zero-order valence-electron chi connectivity index (χ0n) is 37.4. The number of carbonyl (C=O) groups is 3. The van der Waals surface area contributed by atoms with E-state index in [-0.39, 0.29) is 37.7 Å². The Kier molecular flexibility index (Phi) is 20.8. The third kappa shape index (κ3) is 16.9. The number of aromatic nitrogens is 2. The molecule has 0 aliphatic heterocycles. The SMILES string of the molecule is O=C(O)CCc1c(OCCCCCOc2cc(-c3ccccc3)cc(-c3ccccc3)n2)cccc1OCCCC(=O)NCCCNC(=O)c1ccc([NH2+]/N=C/c2ccccc2SOO[O-])nc1.